The van der Waals surface area contributed by atoms with Crippen LogP contribution in [0.4, 0.5) is 5.69 Å². The standard InChI is InChI=1S/C20H22N2O2/c1-13-6-2-3-10-16(13)21-18(23)12-22-17-11-5-8-14-7-4-9-15(19(14)17)20(22)24/h4-5,7-9,11,13,16H,2-3,6,10,12H2,1H3,(H,21,23)/t13-,16-/m0/s1. The first kappa shape index (κ1) is 15.2. The average Bonchev–Trinajstić information content (AvgIpc) is 2.85. The number of hydrogen-bond donors (Lipinski definition) is 1. The highest BCUT2D eigenvalue weighted by atomic mass is 16.2. The predicted molar refractivity (Wildman–Crippen MR) is 95.2 cm³/mol. The van der Waals surface area contributed by atoms with Crippen molar-refractivity contribution in [2.75, 3.05) is 11.4 Å². The molecule has 124 valence electrons. The van der Waals surface area contributed by atoms with Gasteiger partial charge in [0.05, 0.1) is 5.69 Å². The van der Waals surface area contributed by atoms with E-state index in [1.54, 1.807) is 4.90 Å². The maximum absolute atomic E-state index is 12.7. The van der Waals surface area contributed by atoms with Crippen LogP contribution < -0.4 is 10.2 Å². The summed E-state index contributed by atoms with van der Waals surface area (Å²) in [5, 5.41) is 5.15. The zero-order valence-corrected chi connectivity index (χ0v) is 13.9. The van der Waals surface area contributed by atoms with Gasteiger partial charge in [0.25, 0.3) is 5.91 Å². The summed E-state index contributed by atoms with van der Waals surface area (Å²) >= 11 is 0. The van der Waals surface area contributed by atoms with Crippen molar-refractivity contribution in [2.45, 2.75) is 38.6 Å². The number of carbonyl (C=O) groups is 2. The highest BCUT2D eigenvalue weighted by Crippen LogP contribution is 2.36. The van der Waals surface area contributed by atoms with E-state index in [2.05, 4.69) is 12.2 Å². The molecule has 1 aliphatic heterocycles. The van der Waals surface area contributed by atoms with Gasteiger partial charge in [0, 0.05) is 17.0 Å². The molecule has 4 heteroatoms. The average molecular weight is 322 g/mol. The molecule has 1 fully saturated rings. The van der Waals surface area contributed by atoms with E-state index in [0.29, 0.717) is 11.5 Å². The predicted octanol–water partition coefficient (Wildman–Crippen LogP) is 3.49. The minimum Gasteiger partial charge on any atom is -0.352 e. The van der Waals surface area contributed by atoms with Gasteiger partial charge >= 0.3 is 0 Å². The summed E-state index contributed by atoms with van der Waals surface area (Å²) < 4.78 is 0. The lowest BCUT2D eigenvalue weighted by Gasteiger charge is -2.30. The summed E-state index contributed by atoms with van der Waals surface area (Å²) in [4.78, 5) is 26.9. The molecule has 2 aliphatic rings. The van der Waals surface area contributed by atoms with Gasteiger partial charge in [0.15, 0.2) is 0 Å². The number of nitrogens with one attached hydrogen (secondary N) is 1. The quantitative estimate of drug-likeness (QED) is 0.940. The first-order chi connectivity index (χ1) is 11.6. The highest BCUT2D eigenvalue weighted by molar-refractivity contribution is 6.26. The van der Waals surface area contributed by atoms with Crippen LogP contribution >= 0.6 is 0 Å². The molecule has 0 bridgehead atoms. The third kappa shape index (κ3) is 2.46. The summed E-state index contributed by atoms with van der Waals surface area (Å²) in [6.07, 6.45) is 4.62. The first-order valence-electron chi connectivity index (χ1n) is 8.78. The second-order valence-corrected chi connectivity index (χ2v) is 7.01. The van der Waals surface area contributed by atoms with Crippen molar-refractivity contribution < 1.29 is 9.59 Å². The Bertz CT molecular complexity index is 809. The molecule has 1 aliphatic carbocycles. The zero-order valence-electron chi connectivity index (χ0n) is 13.9. The van der Waals surface area contributed by atoms with Crippen LogP contribution in [0, 0.1) is 5.92 Å². The van der Waals surface area contributed by atoms with E-state index < -0.39 is 0 Å². The van der Waals surface area contributed by atoms with Crippen molar-refractivity contribution in [1.29, 1.82) is 0 Å². The summed E-state index contributed by atoms with van der Waals surface area (Å²) in [7, 11) is 0. The van der Waals surface area contributed by atoms with Crippen molar-refractivity contribution in [3.05, 3.63) is 42.0 Å². The number of hydrogen-bond acceptors (Lipinski definition) is 2. The van der Waals surface area contributed by atoms with E-state index in [4.69, 9.17) is 0 Å². The minimum absolute atomic E-state index is 0.0630. The van der Waals surface area contributed by atoms with E-state index in [-0.39, 0.29) is 24.4 Å². The molecule has 0 saturated heterocycles. The van der Waals surface area contributed by atoms with Crippen LogP contribution in [0.1, 0.15) is 43.0 Å². The number of benzene rings is 2. The highest BCUT2D eigenvalue weighted by Gasteiger charge is 2.31. The van der Waals surface area contributed by atoms with Crippen molar-refractivity contribution in [2.24, 2.45) is 5.92 Å². The van der Waals surface area contributed by atoms with Crippen LogP contribution in [0.3, 0.4) is 0 Å². The molecule has 1 N–H and O–H groups in total. The lowest BCUT2D eigenvalue weighted by molar-refractivity contribution is -0.121. The van der Waals surface area contributed by atoms with Crippen LogP contribution in [-0.2, 0) is 4.79 Å². The lowest BCUT2D eigenvalue weighted by Crippen LogP contribution is -2.46. The van der Waals surface area contributed by atoms with Gasteiger partial charge in [0.1, 0.15) is 6.54 Å². The fourth-order valence-corrected chi connectivity index (χ4v) is 4.06. The van der Waals surface area contributed by atoms with Crippen molar-refractivity contribution >= 4 is 28.3 Å². The SMILES string of the molecule is C[C@H]1CCCC[C@@H]1NC(=O)CN1C(=O)c2cccc3cccc1c23. The normalized spacial score (nSPS) is 22.9. The van der Waals surface area contributed by atoms with E-state index in [1.807, 2.05) is 36.4 Å². The van der Waals surface area contributed by atoms with Gasteiger partial charge in [-0.3, -0.25) is 14.5 Å². The Morgan fingerprint density at radius 3 is 2.71 bits per heavy atom. The summed E-state index contributed by atoms with van der Waals surface area (Å²) in [5.74, 6) is 0.373. The summed E-state index contributed by atoms with van der Waals surface area (Å²) in [6, 6.07) is 11.8. The Balaban J connectivity index is 1.55. The molecular formula is C20H22N2O2. The Kier molecular flexibility index (Phi) is 3.75. The lowest BCUT2D eigenvalue weighted by atomic mass is 9.86. The topological polar surface area (TPSA) is 49.4 Å². The maximum atomic E-state index is 12.7. The van der Waals surface area contributed by atoms with Gasteiger partial charge in [-0.1, -0.05) is 44.0 Å². The Morgan fingerprint density at radius 2 is 1.92 bits per heavy atom. The molecule has 1 saturated carbocycles. The van der Waals surface area contributed by atoms with E-state index >= 15 is 0 Å². The van der Waals surface area contributed by atoms with Crippen LogP contribution in [0.15, 0.2) is 36.4 Å². The Labute approximate surface area is 141 Å². The van der Waals surface area contributed by atoms with Crippen LogP contribution in [-0.4, -0.2) is 24.4 Å². The second-order valence-electron chi connectivity index (χ2n) is 7.01. The van der Waals surface area contributed by atoms with Crippen LogP contribution in [0.5, 0.6) is 0 Å². The van der Waals surface area contributed by atoms with Crippen molar-refractivity contribution in [3.63, 3.8) is 0 Å². The van der Waals surface area contributed by atoms with Crippen LogP contribution in [0.25, 0.3) is 10.8 Å². The number of rotatable bonds is 3. The molecule has 24 heavy (non-hydrogen) atoms. The van der Waals surface area contributed by atoms with Crippen molar-refractivity contribution in [3.8, 4) is 0 Å². The molecule has 2 amide bonds. The maximum Gasteiger partial charge on any atom is 0.259 e. The molecule has 0 aromatic heterocycles. The van der Waals surface area contributed by atoms with Gasteiger partial charge in [-0.25, -0.2) is 0 Å². The molecule has 4 rings (SSSR count). The van der Waals surface area contributed by atoms with Crippen molar-refractivity contribution in [1.82, 2.24) is 5.32 Å². The zero-order chi connectivity index (χ0) is 16.7. The molecule has 0 radical (unpaired) electrons. The first-order valence-corrected chi connectivity index (χ1v) is 8.78. The minimum atomic E-state index is -0.0753. The molecule has 2 atom stereocenters. The van der Waals surface area contributed by atoms with Crippen LogP contribution in [0.2, 0.25) is 0 Å². The van der Waals surface area contributed by atoms with Gasteiger partial charge in [-0.15, -0.1) is 0 Å². The number of nitrogens with zero attached hydrogens (tertiary/aromatic N) is 1. The third-order valence-corrected chi connectivity index (χ3v) is 5.41. The molecule has 2 aromatic carbocycles. The van der Waals surface area contributed by atoms with Gasteiger partial charge in [-0.05, 0) is 36.3 Å². The molecule has 0 unspecified atom stereocenters. The third-order valence-electron chi connectivity index (χ3n) is 5.41. The molecular weight excluding hydrogens is 300 g/mol. The van der Waals surface area contributed by atoms with Gasteiger partial charge in [0.2, 0.25) is 5.91 Å². The molecule has 4 nitrogen and oxygen atoms in total. The van der Waals surface area contributed by atoms with E-state index in [9.17, 15) is 9.59 Å². The fraction of sp³-hybridized carbons (Fsp3) is 0.400. The number of amides is 2. The number of anilines is 1. The fourth-order valence-electron chi connectivity index (χ4n) is 4.06. The number of carbonyl (C=O) groups excluding carboxylic acids is 2. The van der Waals surface area contributed by atoms with E-state index in [0.717, 1.165) is 22.9 Å². The second kappa shape index (κ2) is 5.93. The summed E-state index contributed by atoms with van der Waals surface area (Å²) in [6.45, 7) is 2.29. The molecule has 2 aromatic rings. The molecule has 1 heterocycles. The monoisotopic (exact) mass is 322 g/mol. The Morgan fingerprint density at radius 1 is 1.17 bits per heavy atom. The smallest absolute Gasteiger partial charge is 0.259 e. The molecule has 0 spiro atoms. The van der Waals surface area contributed by atoms with Gasteiger partial charge < -0.3 is 5.32 Å². The van der Waals surface area contributed by atoms with Gasteiger partial charge in [-0.2, -0.15) is 0 Å². The summed E-state index contributed by atoms with van der Waals surface area (Å²) in [5.41, 5.74) is 1.54. The Hall–Kier alpha value is -2.36. The van der Waals surface area contributed by atoms with E-state index in [1.165, 1.54) is 19.3 Å². The largest absolute Gasteiger partial charge is 0.352 e.